The fourth-order valence-corrected chi connectivity index (χ4v) is 1.68. The smallest absolute Gasteiger partial charge is 0.0453 e. The first-order valence-corrected chi connectivity index (χ1v) is 6.65. The van der Waals surface area contributed by atoms with E-state index in [1.807, 2.05) is 27.7 Å². The van der Waals surface area contributed by atoms with Gasteiger partial charge in [0.1, 0.15) is 0 Å². The lowest BCUT2D eigenvalue weighted by atomic mass is 9.91. The average Bonchev–Trinajstić information content (AvgIpc) is 2.80. The first-order chi connectivity index (χ1) is 8.09. The van der Waals surface area contributed by atoms with Crippen molar-refractivity contribution in [1.82, 2.24) is 4.40 Å². The lowest BCUT2D eigenvalue weighted by molar-refractivity contribution is 0.561. The second kappa shape index (κ2) is 7.16. The first kappa shape index (κ1) is 15.8. The third-order valence-electron chi connectivity index (χ3n) is 2.33. The Kier molecular flexibility index (Phi) is 6.64. The zero-order valence-corrected chi connectivity index (χ0v) is 12.4. The van der Waals surface area contributed by atoms with Gasteiger partial charge in [-0.3, -0.25) is 0 Å². The molecule has 0 amide bonds. The van der Waals surface area contributed by atoms with Crippen molar-refractivity contribution in [3.63, 3.8) is 0 Å². The van der Waals surface area contributed by atoms with Crippen LogP contribution in [-0.4, -0.2) is 4.40 Å². The Labute approximate surface area is 106 Å². The van der Waals surface area contributed by atoms with Gasteiger partial charge in [0.2, 0.25) is 0 Å². The molecule has 2 rings (SSSR count). The molecule has 2 aromatic heterocycles. The highest BCUT2D eigenvalue weighted by molar-refractivity contribution is 5.49. The summed E-state index contributed by atoms with van der Waals surface area (Å²) in [6, 6.07) is 10.7. The molecular formula is C16H27N. The lowest BCUT2D eigenvalue weighted by Gasteiger charge is -2.20. The standard InChI is InChI=1S/C12H15N.2C2H6/c1-12(2,3)11-8-4-6-10-7-5-9-13(10)11;2*1-2/h4-9H,1-3H3;2*1-2H3. The molecule has 2 aromatic rings. The summed E-state index contributed by atoms with van der Waals surface area (Å²) < 4.78 is 2.25. The summed E-state index contributed by atoms with van der Waals surface area (Å²) in [6.45, 7) is 14.7. The van der Waals surface area contributed by atoms with Crippen LogP contribution in [0.4, 0.5) is 0 Å². The SMILES string of the molecule is CC.CC.CC(C)(C)c1cccc2cccn12. The van der Waals surface area contributed by atoms with Gasteiger partial charge in [0.25, 0.3) is 0 Å². The minimum Gasteiger partial charge on any atom is -0.320 e. The van der Waals surface area contributed by atoms with E-state index in [2.05, 4.69) is 61.7 Å². The van der Waals surface area contributed by atoms with E-state index >= 15 is 0 Å². The maximum absolute atomic E-state index is 2.25. The molecular weight excluding hydrogens is 206 g/mol. The Hall–Kier alpha value is -1.24. The summed E-state index contributed by atoms with van der Waals surface area (Å²) in [6.07, 6.45) is 2.12. The highest BCUT2D eigenvalue weighted by Crippen LogP contribution is 2.23. The summed E-state index contributed by atoms with van der Waals surface area (Å²) in [7, 11) is 0. The van der Waals surface area contributed by atoms with Gasteiger partial charge in [-0.1, -0.05) is 54.5 Å². The van der Waals surface area contributed by atoms with Gasteiger partial charge in [0.05, 0.1) is 0 Å². The molecule has 0 spiro atoms. The lowest BCUT2D eigenvalue weighted by Crippen LogP contribution is -2.15. The Morgan fingerprint density at radius 2 is 1.35 bits per heavy atom. The highest BCUT2D eigenvalue weighted by atomic mass is 14.9. The minimum absolute atomic E-state index is 0.207. The summed E-state index contributed by atoms with van der Waals surface area (Å²) in [5.74, 6) is 0. The third kappa shape index (κ3) is 3.92. The molecule has 0 aliphatic rings. The zero-order valence-electron chi connectivity index (χ0n) is 12.4. The number of hydrogen-bond acceptors (Lipinski definition) is 0. The van der Waals surface area contributed by atoms with Crippen molar-refractivity contribution >= 4 is 5.52 Å². The number of rotatable bonds is 0. The van der Waals surface area contributed by atoms with Gasteiger partial charge in [-0.05, 0) is 24.3 Å². The van der Waals surface area contributed by atoms with Crippen molar-refractivity contribution in [3.05, 3.63) is 42.2 Å². The van der Waals surface area contributed by atoms with E-state index in [1.165, 1.54) is 11.2 Å². The van der Waals surface area contributed by atoms with Gasteiger partial charge in [-0.2, -0.15) is 0 Å². The van der Waals surface area contributed by atoms with Gasteiger partial charge in [-0.15, -0.1) is 0 Å². The predicted octanol–water partition coefficient (Wildman–Crippen LogP) is 5.29. The molecule has 0 atom stereocenters. The summed E-state index contributed by atoms with van der Waals surface area (Å²) in [5.41, 5.74) is 2.83. The number of pyridine rings is 1. The molecule has 0 bridgehead atoms. The second-order valence-electron chi connectivity index (χ2n) is 4.46. The topological polar surface area (TPSA) is 4.41 Å². The number of aromatic nitrogens is 1. The van der Waals surface area contributed by atoms with E-state index in [-0.39, 0.29) is 5.41 Å². The van der Waals surface area contributed by atoms with Crippen molar-refractivity contribution in [1.29, 1.82) is 0 Å². The third-order valence-corrected chi connectivity index (χ3v) is 2.33. The number of hydrogen-bond donors (Lipinski definition) is 0. The molecule has 1 nitrogen and oxygen atoms in total. The minimum atomic E-state index is 0.207. The van der Waals surface area contributed by atoms with Gasteiger partial charge in [-0.25, -0.2) is 0 Å². The van der Waals surface area contributed by atoms with Gasteiger partial charge >= 0.3 is 0 Å². The Balaban J connectivity index is 0.000000581. The van der Waals surface area contributed by atoms with Crippen molar-refractivity contribution < 1.29 is 0 Å². The fraction of sp³-hybridized carbons (Fsp3) is 0.500. The van der Waals surface area contributed by atoms with Crippen LogP contribution in [0.3, 0.4) is 0 Å². The molecule has 0 radical (unpaired) electrons. The Morgan fingerprint density at radius 1 is 0.824 bits per heavy atom. The molecule has 0 N–H and O–H groups in total. The second-order valence-corrected chi connectivity index (χ2v) is 4.46. The molecule has 0 aliphatic carbocycles. The normalized spacial score (nSPS) is 10.1. The molecule has 1 heteroatoms. The van der Waals surface area contributed by atoms with Crippen molar-refractivity contribution in [3.8, 4) is 0 Å². The molecule has 2 heterocycles. The largest absolute Gasteiger partial charge is 0.320 e. The monoisotopic (exact) mass is 233 g/mol. The van der Waals surface area contributed by atoms with Gasteiger partial charge in [0.15, 0.2) is 0 Å². The summed E-state index contributed by atoms with van der Waals surface area (Å²) in [4.78, 5) is 0. The van der Waals surface area contributed by atoms with Crippen LogP contribution in [0.5, 0.6) is 0 Å². The fourth-order valence-electron chi connectivity index (χ4n) is 1.68. The molecule has 0 fully saturated rings. The quantitative estimate of drug-likeness (QED) is 0.582. The number of nitrogens with zero attached hydrogens (tertiary/aromatic N) is 1. The van der Waals surface area contributed by atoms with Crippen LogP contribution in [0.2, 0.25) is 0 Å². The van der Waals surface area contributed by atoms with E-state index < -0.39 is 0 Å². The van der Waals surface area contributed by atoms with E-state index in [1.54, 1.807) is 0 Å². The molecule has 96 valence electrons. The van der Waals surface area contributed by atoms with Crippen molar-refractivity contribution in [2.75, 3.05) is 0 Å². The van der Waals surface area contributed by atoms with E-state index in [0.717, 1.165) is 0 Å². The molecule has 0 aliphatic heterocycles. The van der Waals surface area contributed by atoms with Crippen LogP contribution in [0, 0.1) is 0 Å². The predicted molar refractivity (Wildman–Crippen MR) is 78.8 cm³/mol. The van der Waals surface area contributed by atoms with Crippen molar-refractivity contribution in [2.24, 2.45) is 0 Å². The number of fused-ring (bicyclic) bond motifs is 1. The van der Waals surface area contributed by atoms with Crippen LogP contribution in [-0.2, 0) is 5.41 Å². The van der Waals surface area contributed by atoms with E-state index in [4.69, 9.17) is 0 Å². The van der Waals surface area contributed by atoms with Crippen LogP contribution < -0.4 is 0 Å². The highest BCUT2D eigenvalue weighted by Gasteiger charge is 2.15. The summed E-state index contributed by atoms with van der Waals surface area (Å²) in [5, 5.41) is 0. The van der Waals surface area contributed by atoms with Crippen molar-refractivity contribution in [2.45, 2.75) is 53.9 Å². The Morgan fingerprint density at radius 3 is 1.88 bits per heavy atom. The molecule has 0 unspecified atom stereocenters. The van der Waals surface area contributed by atoms with Gasteiger partial charge in [0, 0.05) is 22.8 Å². The van der Waals surface area contributed by atoms with E-state index in [9.17, 15) is 0 Å². The van der Waals surface area contributed by atoms with Crippen LogP contribution in [0.25, 0.3) is 5.52 Å². The maximum Gasteiger partial charge on any atom is 0.0453 e. The van der Waals surface area contributed by atoms with E-state index in [0.29, 0.717) is 0 Å². The summed E-state index contributed by atoms with van der Waals surface area (Å²) >= 11 is 0. The molecule has 17 heavy (non-hydrogen) atoms. The molecule has 0 saturated heterocycles. The molecule has 0 saturated carbocycles. The maximum atomic E-state index is 2.25. The van der Waals surface area contributed by atoms with Gasteiger partial charge < -0.3 is 4.40 Å². The van der Waals surface area contributed by atoms with Crippen LogP contribution in [0.1, 0.15) is 54.2 Å². The van der Waals surface area contributed by atoms with Crippen LogP contribution >= 0.6 is 0 Å². The zero-order chi connectivity index (χ0) is 13.5. The first-order valence-electron chi connectivity index (χ1n) is 6.65. The van der Waals surface area contributed by atoms with Crippen LogP contribution in [0.15, 0.2) is 36.5 Å². The average molecular weight is 233 g/mol. The molecule has 0 aromatic carbocycles. The Bertz CT molecular complexity index is 418.